The third-order valence-electron chi connectivity index (χ3n) is 20.7. The molecule has 0 bridgehead atoms. The first-order valence-electron chi connectivity index (χ1n) is 43.8. The van der Waals surface area contributed by atoms with Crippen LogP contribution < -0.4 is 0 Å². The van der Waals surface area contributed by atoms with E-state index in [4.69, 9.17) is 0 Å². The average Bonchev–Trinajstić information content (AvgIpc) is 1.61. The second-order valence-corrected chi connectivity index (χ2v) is 34.1. The first kappa shape index (κ1) is 93.4. The zero-order chi connectivity index (χ0) is 74.3. The van der Waals surface area contributed by atoms with Crippen LogP contribution in [0.1, 0.15) is 416 Å². The van der Waals surface area contributed by atoms with E-state index in [-0.39, 0.29) is 0 Å². The van der Waals surface area contributed by atoms with Crippen LogP contribution >= 0.6 is 0 Å². The van der Waals surface area contributed by atoms with E-state index in [0.29, 0.717) is 0 Å². The number of unbranched alkanes of at least 4 members (excludes halogenated alkanes) is 37. The van der Waals surface area contributed by atoms with E-state index < -0.39 is 0 Å². The van der Waals surface area contributed by atoms with E-state index in [0.717, 1.165) is 122 Å². The molecule has 4 aromatic rings. The van der Waals surface area contributed by atoms with Crippen molar-refractivity contribution in [1.82, 2.24) is 0 Å². The van der Waals surface area contributed by atoms with Crippen molar-refractivity contribution < 1.29 is 41.8 Å². The van der Waals surface area contributed by atoms with Gasteiger partial charge in [-0.25, -0.2) is 9.39 Å². The second kappa shape index (κ2) is 65.3. The summed E-state index contributed by atoms with van der Waals surface area (Å²) < 4.78 is 2.90. The van der Waals surface area contributed by atoms with Gasteiger partial charge in [-0.3, -0.25) is 0 Å². The van der Waals surface area contributed by atoms with Gasteiger partial charge < -0.3 is 11.1 Å². The molecule has 4 nitrogen and oxygen atoms in total. The summed E-state index contributed by atoms with van der Waals surface area (Å²) in [6, 6.07) is 35.4. The Morgan fingerprint density at radius 2 is 0.553 bits per heavy atom. The van der Waals surface area contributed by atoms with Gasteiger partial charge >= 0.3 is 209 Å². The molecule has 6 heteroatoms. The topological polar surface area (TPSA) is 50.6 Å². The van der Waals surface area contributed by atoms with Crippen LogP contribution in [-0.2, 0) is 58.1 Å². The molecule has 0 saturated carbocycles. The van der Waals surface area contributed by atoms with Crippen LogP contribution in [-0.4, -0.2) is 9.39 Å². The molecule has 0 aromatic heterocycles. The molecular weight excluding hydrogens is 1390 g/mol. The van der Waals surface area contributed by atoms with Gasteiger partial charge in [0.25, 0.3) is 0 Å². The molecule has 0 fully saturated rings. The Bertz CT molecular complexity index is 2830. The number of hydrogen-bond acceptors (Lipinski definition) is 0. The molecular formula is C97H158N4NiPd. The molecule has 2 aliphatic rings. The van der Waals surface area contributed by atoms with E-state index in [1.807, 2.05) is 26.6 Å². The molecule has 0 unspecified atom stereocenters. The molecule has 0 spiro atoms. The number of benzene rings is 4. The Morgan fingerprint density at radius 3 is 0.913 bits per heavy atom. The molecule has 0 aliphatic carbocycles. The van der Waals surface area contributed by atoms with Gasteiger partial charge in [0, 0.05) is 45.6 Å². The Hall–Kier alpha value is -3.80. The summed E-state index contributed by atoms with van der Waals surface area (Å²) in [5.74, 6) is 0. The normalized spacial score (nSPS) is 12.8. The van der Waals surface area contributed by atoms with Crippen LogP contribution in [0, 0.1) is 0 Å². The standard InChI is InChI=1S/C41H62N2.C28H36N2.2C12H25.2C2H5.Ni.Pd/c1-5-9-13-15-16-17-18-19-21-24-35-25-22-26-37(33-35)41-39(28-12-8-4)38(27-11-7-3)40(43(41)42)36-31-29-34(30-32-36)23-20-14-10-6-2;1-3-5-7-9-12-23-16-18-25(19-17-23)27-20-21-28(30(27)29)26-15-11-14-24(22-26)13-10-8-6-4-2;2*1-3-5-7-9-11-12-10-8-6-4-2;2*1-2;;/h22,25-26,29-33H,5-21,23-24,27-28H2,1-4H3;11,14-22H,3-10,12-13H2,1-2H3;2*1,3-12H2,2H3;2*1H2,2H3;;. The summed E-state index contributed by atoms with van der Waals surface area (Å²) in [6.45, 7) is 22.6. The Kier molecular flexibility index (Phi) is 59.2. The zero-order valence-electron chi connectivity index (χ0n) is 68.7. The van der Waals surface area contributed by atoms with Crippen LogP contribution in [0.2, 0.25) is 20.6 Å². The van der Waals surface area contributed by atoms with Gasteiger partial charge in [-0.1, -0.05) is 212 Å². The van der Waals surface area contributed by atoms with Gasteiger partial charge in [0.1, 0.15) is 0 Å². The molecule has 2 aliphatic heterocycles. The third-order valence-corrected chi connectivity index (χ3v) is 23.9. The van der Waals surface area contributed by atoms with Crippen molar-refractivity contribution in [2.24, 2.45) is 0 Å². The fourth-order valence-electron chi connectivity index (χ4n) is 14.2. The quantitative estimate of drug-likeness (QED) is 0.0240. The van der Waals surface area contributed by atoms with Gasteiger partial charge in [0.2, 0.25) is 22.8 Å². The van der Waals surface area contributed by atoms with Gasteiger partial charge in [-0.2, -0.15) is 0 Å². The molecule has 2 heterocycles. The van der Waals surface area contributed by atoms with Gasteiger partial charge in [0.05, 0.1) is 0 Å². The number of nitrogens with zero attached hydrogens (tertiary/aromatic N) is 4. The Morgan fingerprint density at radius 1 is 0.262 bits per heavy atom. The van der Waals surface area contributed by atoms with Crippen LogP contribution in [0.5, 0.6) is 0 Å². The minimum absolute atomic E-state index is 0.843. The Labute approximate surface area is 653 Å². The number of hydrogen-bond donors (Lipinski definition) is 0. The zero-order valence-corrected chi connectivity index (χ0v) is 71.2. The van der Waals surface area contributed by atoms with Crippen molar-refractivity contribution in [2.75, 3.05) is 0 Å². The van der Waals surface area contributed by atoms with E-state index in [1.165, 1.54) is 318 Å². The van der Waals surface area contributed by atoms with E-state index in [1.54, 1.807) is 14.5 Å². The average molecular weight is 1550 g/mol. The van der Waals surface area contributed by atoms with Gasteiger partial charge in [-0.15, -0.1) is 0 Å². The van der Waals surface area contributed by atoms with Crippen LogP contribution in [0.15, 0.2) is 120 Å². The van der Waals surface area contributed by atoms with Crippen molar-refractivity contribution in [1.29, 1.82) is 0 Å². The van der Waals surface area contributed by atoms with Crippen molar-refractivity contribution >= 4 is 22.8 Å². The number of rotatable bonds is 59. The third kappa shape index (κ3) is 42.5. The second-order valence-electron chi connectivity index (χ2n) is 29.8. The van der Waals surface area contributed by atoms with Crippen molar-refractivity contribution in [3.05, 3.63) is 176 Å². The summed E-state index contributed by atoms with van der Waals surface area (Å²) >= 11 is 2.89. The molecule has 0 atom stereocenters. The molecule has 0 radical (unpaired) electrons. The van der Waals surface area contributed by atoms with Crippen molar-refractivity contribution in [3.8, 4) is 0 Å². The molecule has 6 rings (SSSR count). The van der Waals surface area contributed by atoms with E-state index in [9.17, 15) is 11.1 Å². The van der Waals surface area contributed by atoms with Crippen LogP contribution in [0.25, 0.3) is 33.9 Å². The van der Waals surface area contributed by atoms with Crippen molar-refractivity contribution in [2.45, 2.75) is 417 Å². The summed E-state index contributed by atoms with van der Waals surface area (Å²) in [5.41, 5.74) is 39.2. The van der Waals surface area contributed by atoms with Gasteiger partial charge in [0.15, 0.2) is 0 Å². The maximum absolute atomic E-state index is 11.9. The fraction of sp³-hybridized carbons (Fsp3) is 0.670. The predicted octanol–water partition coefficient (Wildman–Crippen LogP) is 33.5. The van der Waals surface area contributed by atoms with Gasteiger partial charge in [-0.05, 0) is 148 Å². The summed E-state index contributed by atoms with van der Waals surface area (Å²) in [6.07, 6.45) is 72.3. The number of aryl methyl sites for hydroxylation is 4. The molecule has 0 amide bonds. The maximum atomic E-state index is 11.9. The fourth-order valence-corrected chi connectivity index (χ4v) is 16.7. The molecule has 103 heavy (non-hydrogen) atoms. The first-order valence-corrected chi connectivity index (χ1v) is 47.4. The van der Waals surface area contributed by atoms with E-state index in [2.05, 4.69) is 166 Å². The summed E-state index contributed by atoms with van der Waals surface area (Å²) in [7, 11) is 0. The Balaban J connectivity index is 0.000000403. The molecule has 0 saturated heterocycles. The first-order chi connectivity index (χ1) is 50.7. The summed E-state index contributed by atoms with van der Waals surface area (Å²) in [5, 5.41) is 2.56. The predicted molar refractivity (Wildman–Crippen MR) is 451 cm³/mol. The molecule has 0 N–H and O–H groups in total. The number of allylic oxidation sites excluding steroid dienone is 4. The molecule has 4 aromatic carbocycles. The van der Waals surface area contributed by atoms with Crippen LogP contribution in [0.3, 0.4) is 0 Å². The van der Waals surface area contributed by atoms with E-state index >= 15 is 0 Å². The molecule has 586 valence electrons. The minimum atomic E-state index is 0.843. The van der Waals surface area contributed by atoms with Crippen molar-refractivity contribution in [3.63, 3.8) is 0 Å². The SMILES string of the molecule is CCCCCCCCCCC[CH2][Pd][CH2]CCCCCCCCCCC.CCCCCCCCCCCc1cccc(C2=C(CCCC)C(CCCC)=C(c3ccc(CCCCCC)cc3)[N+]2=[N-])c1.CCCCCCc1ccc(C2=CC=C(c3cccc(CCCCCC)c3)[N+]2=[N-])cc1.C[CH2][Ni][CH2]C. The monoisotopic (exact) mass is 1540 g/mol. The van der Waals surface area contributed by atoms with Crippen LogP contribution in [0.4, 0.5) is 0 Å². The summed E-state index contributed by atoms with van der Waals surface area (Å²) in [4.78, 5) is 3.09.